The van der Waals surface area contributed by atoms with Gasteiger partial charge in [0.05, 0.1) is 7.11 Å². The van der Waals surface area contributed by atoms with Gasteiger partial charge in [-0.25, -0.2) is 0 Å². The van der Waals surface area contributed by atoms with Gasteiger partial charge in [-0.05, 0) is 37.6 Å². The van der Waals surface area contributed by atoms with Crippen LogP contribution in [-0.4, -0.2) is 62.2 Å². The van der Waals surface area contributed by atoms with Crippen molar-refractivity contribution in [3.63, 3.8) is 0 Å². The summed E-state index contributed by atoms with van der Waals surface area (Å²) in [5.41, 5.74) is 0.397. The molecule has 1 fully saturated rings. The lowest BCUT2D eigenvalue weighted by Gasteiger charge is -2.36. The SMILES string of the molecule is CCN1CCC(N(C)C(=O)c2ccc(OC(F)F)c(OC)c2)CC1. The minimum absolute atomic E-state index is 0.0806. The number of amides is 1. The Labute approximate surface area is 141 Å². The number of ether oxygens (including phenoxy) is 2. The fourth-order valence-corrected chi connectivity index (χ4v) is 2.99. The van der Waals surface area contributed by atoms with E-state index in [2.05, 4.69) is 16.6 Å². The highest BCUT2D eigenvalue weighted by Crippen LogP contribution is 2.30. The number of halogens is 2. The van der Waals surface area contributed by atoms with Gasteiger partial charge in [-0.2, -0.15) is 8.78 Å². The van der Waals surface area contributed by atoms with E-state index < -0.39 is 6.61 Å². The molecule has 0 bridgehead atoms. The van der Waals surface area contributed by atoms with Crippen molar-refractivity contribution >= 4 is 5.91 Å². The minimum atomic E-state index is -2.94. The van der Waals surface area contributed by atoms with Crippen LogP contribution < -0.4 is 9.47 Å². The molecule has 1 aromatic rings. The standard InChI is InChI=1S/C17H24F2N2O3/c1-4-21-9-7-13(8-10-21)20(2)16(22)12-5-6-14(24-17(18)19)15(11-12)23-3/h5-6,11,13,17H,4,7-10H2,1-3H3. The number of carbonyl (C=O) groups is 1. The minimum Gasteiger partial charge on any atom is -0.493 e. The van der Waals surface area contributed by atoms with Crippen LogP contribution in [0.4, 0.5) is 8.78 Å². The summed E-state index contributed by atoms with van der Waals surface area (Å²) in [4.78, 5) is 16.8. The Balaban J connectivity index is 2.08. The number of nitrogens with zero attached hydrogens (tertiary/aromatic N) is 2. The highest BCUT2D eigenvalue weighted by atomic mass is 19.3. The second-order valence-corrected chi connectivity index (χ2v) is 5.83. The van der Waals surface area contributed by atoms with Crippen molar-refractivity contribution < 1.29 is 23.0 Å². The quantitative estimate of drug-likeness (QED) is 0.797. The number of carbonyl (C=O) groups excluding carboxylic acids is 1. The molecule has 2 rings (SSSR count). The van der Waals surface area contributed by atoms with Crippen molar-refractivity contribution in [2.24, 2.45) is 0 Å². The summed E-state index contributed by atoms with van der Waals surface area (Å²) in [7, 11) is 3.14. The number of benzene rings is 1. The van der Waals surface area contributed by atoms with Crippen molar-refractivity contribution in [3.8, 4) is 11.5 Å². The topological polar surface area (TPSA) is 42.0 Å². The third-order valence-corrected chi connectivity index (χ3v) is 4.50. The van der Waals surface area contributed by atoms with Gasteiger partial charge in [-0.1, -0.05) is 6.92 Å². The van der Waals surface area contributed by atoms with Crippen molar-refractivity contribution in [2.45, 2.75) is 32.4 Å². The maximum absolute atomic E-state index is 12.7. The molecule has 1 heterocycles. The first-order valence-electron chi connectivity index (χ1n) is 8.08. The van der Waals surface area contributed by atoms with Crippen LogP contribution >= 0.6 is 0 Å². The van der Waals surface area contributed by atoms with Crippen molar-refractivity contribution in [1.29, 1.82) is 0 Å². The maximum Gasteiger partial charge on any atom is 0.387 e. The first-order chi connectivity index (χ1) is 11.5. The third-order valence-electron chi connectivity index (χ3n) is 4.50. The van der Waals surface area contributed by atoms with Gasteiger partial charge in [-0.15, -0.1) is 0 Å². The van der Waals surface area contributed by atoms with Crippen LogP contribution in [0.5, 0.6) is 11.5 Å². The smallest absolute Gasteiger partial charge is 0.387 e. The Hall–Kier alpha value is -1.89. The van der Waals surface area contributed by atoms with Crippen molar-refractivity contribution in [3.05, 3.63) is 23.8 Å². The number of methoxy groups -OCH3 is 1. The average molecular weight is 342 g/mol. The van der Waals surface area contributed by atoms with E-state index in [4.69, 9.17) is 4.74 Å². The molecule has 1 aliphatic heterocycles. The molecule has 0 aromatic heterocycles. The first-order valence-corrected chi connectivity index (χ1v) is 8.08. The van der Waals surface area contributed by atoms with Crippen LogP contribution in [0.1, 0.15) is 30.1 Å². The monoisotopic (exact) mass is 342 g/mol. The van der Waals surface area contributed by atoms with E-state index in [1.165, 1.54) is 25.3 Å². The van der Waals surface area contributed by atoms with Crippen molar-refractivity contribution in [1.82, 2.24) is 9.80 Å². The van der Waals surface area contributed by atoms with E-state index in [0.29, 0.717) is 5.56 Å². The van der Waals surface area contributed by atoms with E-state index in [-0.39, 0.29) is 23.4 Å². The summed E-state index contributed by atoms with van der Waals surface area (Å²) in [6.45, 7) is 2.16. The van der Waals surface area contributed by atoms with Crippen LogP contribution in [0.2, 0.25) is 0 Å². The molecule has 0 N–H and O–H groups in total. The fraction of sp³-hybridized carbons (Fsp3) is 0.588. The Morgan fingerprint density at radius 3 is 2.54 bits per heavy atom. The normalized spacial score (nSPS) is 16.2. The molecule has 134 valence electrons. The molecule has 0 unspecified atom stereocenters. The Bertz CT molecular complexity index is 561. The van der Waals surface area contributed by atoms with E-state index in [9.17, 15) is 13.6 Å². The molecule has 0 saturated carbocycles. The van der Waals surface area contributed by atoms with E-state index in [1.807, 2.05) is 0 Å². The number of hydrogen-bond donors (Lipinski definition) is 0. The largest absolute Gasteiger partial charge is 0.493 e. The van der Waals surface area contributed by atoms with Gasteiger partial charge in [0, 0.05) is 31.7 Å². The Kier molecular flexibility index (Phi) is 6.36. The van der Waals surface area contributed by atoms with Gasteiger partial charge in [0.1, 0.15) is 0 Å². The highest BCUT2D eigenvalue weighted by Gasteiger charge is 2.26. The van der Waals surface area contributed by atoms with E-state index in [0.717, 1.165) is 32.5 Å². The summed E-state index contributed by atoms with van der Waals surface area (Å²) < 4.78 is 34.2. The van der Waals surface area contributed by atoms with E-state index >= 15 is 0 Å². The summed E-state index contributed by atoms with van der Waals surface area (Å²) in [5.74, 6) is -0.106. The molecule has 0 atom stereocenters. The van der Waals surface area contributed by atoms with Gasteiger partial charge >= 0.3 is 6.61 Å². The van der Waals surface area contributed by atoms with Gasteiger partial charge < -0.3 is 19.3 Å². The molecular formula is C17H24F2N2O3. The molecule has 1 amide bonds. The molecule has 0 spiro atoms. The van der Waals surface area contributed by atoms with Gasteiger partial charge in [0.25, 0.3) is 5.91 Å². The lowest BCUT2D eigenvalue weighted by molar-refractivity contribution is -0.0512. The van der Waals surface area contributed by atoms with E-state index in [1.54, 1.807) is 11.9 Å². The molecule has 7 heteroatoms. The third kappa shape index (κ3) is 4.35. The summed E-state index contributed by atoms with van der Waals surface area (Å²) in [6, 6.07) is 4.45. The molecule has 1 aromatic carbocycles. The lowest BCUT2D eigenvalue weighted by Crippen LogP contribution is -2.45. The molecule has 1 saturated heterocycles. The number of piperidine rings is 1. The maximum atomic E-state index is 12.7. The Morgan fingerprint density at radius 2 is 2.00 bits per heavy atom. The van der Waals surface area contributed by atoms with Crippen LogP contribution in [0.15, 0.2) is 18.2 Å². The molecule has 24 heavy (non-hydrogen) atoms. The van der Waals surface area contributed by atoms with Crippen LogP contribution in [0.3, 0.4) is 0 Å². The van der Waals surface area contributed by atoms with Gasteiger partial charge in [0.2, 0.25) is 0 Å². The highest BCUT2D eigenvalue weighted by molar-refractivity contribution is 5.95. The number of likely N-dealkylation sites (tertiary alicyclic amines) is 1. The summed E-state index contributed by atoms with van der Waals surface area (Å²) >= 11 is 0. The van der Waals surface area contributed by atoms with Crippen LogP contribution in [-0.2, 0) is 0 Å². The zero-order valence-corrected chi connectivity index (χ0v) is 14.3. The van der Waals surface area contributed by atoms with Crippen LogP contribution in [0.25, 0.3) is 0 Å². The fourth-order valence-electron chi connectivity index (χ4n) is 2.99. The summed E-state index contributed by atoms with van der Waals surface area (Å²) in [5, 5.41) is 0. The Morgan fingerprint density at radius 1 is 1.33 bits per heavy atom. The molecule has 5 nitrogen and oxygen atoms in total. The molecule has 0 aliphatic carbocycles. The van der Waals surface area contributed by atoms with Gasteiger partial charge in [0.15, 0.2) is 11.5 Å². The van der Waals surface area contributed by atoms with Crippen LogP contribution in [0, 0.1) is 0 Å². The predicted octanol–water partition coefficient (Wildman–Crippen LogP) is 2.85. The second-order valence-electron chi connectivity index (χ2n) is 5.83. The second kappa shape index (κ2) is 8.28. The number of alkyl halides is 2. The molecule has 1 aliphatic rings. The zero-order chi connectivity index (χ0) is 17.7. The van der Waals surface area contributed by atoms with Crippen molar-refractivity contribution in [2.75, 3.05) is 33.8 Å². The average Bonchev–Trinajstić information content (AvgIpc) is 2.60. The van der Waals surface area contributed by atoms with Gasteiger partial charge in [-0.3, -0.25) is 4.79 Å². The molecule has 0 radical (unpaired) electrons. The number of rotatable bonds is 6. The summed E-state index contributed by atoms with van der Waals surface area (Å²) in [6.07, 6.45) is 1.86. The lowest BCUT2D eigenvalue weighted by atomic mass is 10.0. The predicted molar refractivity (Wildman–Crippen MR) is 86.9 cm³/mol. The molecular weight excluding hydrogens is 318 g/mol. The number of hydrogen-bond acceptors (Lipinski definition) is 4. The first kappa shape index (κ1) is 18.4. The zero-order valence-electron chi connectivity index (χ0n) is 14.3.